The van der Waals surface area contributed by atoms with Gasteiger partial charge >= 0.3 is 5.97 Å². The molecule has 4 nitrogen and oxygen atoms in total. The number of carbonyl (C=O) groups is 2. The Bertz CT molecular complexity index is 553. The normalized spacial score (nSPS) is 12.1. The van der Waals surface area contributed by atoms with Gasteiger partial charge in [-0.1, -0.05) is 28.1 Å². The lowest BCUT2D eigenvalue weighted by molar-refractivity contribution is -0.150. The molecule has 1 aromatic rings. The molecule has 0 amide bonds. The van der Waals surface area contributed by atoms with Gasteiger partial charge in [-0.05, 0) is 51.0 Å². The molecule has 0 spiro atoms. The van der Waals surface area contributed by atoms with Crippen molar-refractivity contribution >= 4 is 33.8 Å². The number of halogens is 1. The van der Waals surface area contributed by atoms with Crippen molar-refractivity contribution in [1.82, 2.24) is 0 Å². The number of esters is 1. The fourth-order valence-corrected chi connectivity index (χ4v) is 1.95. The summed E-state index contributed by atoms with van der Waals surface area (Å²) < 4.78 is 6.21. The second-order valence-corrected chi connectivity index (χ2v) is 6.78. The van der Waals surface area contributed by atoms with Crippen molar-refractivity contribution in [2.45, 2.75) is 39.2 Å². The first-order valence-corrected chi connectivity index (χ1v) is 7.87. The molecule has 0 radical (unpaired) electrons. The molecular weight excluding hydrogens is 348 g/mol. The number of ketones is 1. The average Bonchev–Trinajstić information content (AvgIpc) is 2.42. The van der Waals surface area contributed by atoms with Crippen molar-refractivity contribution < 1.29 is 19.4 Å². The minimum Gasteiger partial charge on any atom is -0.456 e. The van der Waals surface area contributed by atoms with Crippen LogP contribution in [0.1, 0.15) is 39.2 Å². The molecule has 0 atom stereocenters. The molecular formula is C17H21BrO4. The van der Waals surface area contributed by atoms with E-state index in [4.69, 9.17) is 9.84 Å². The van der Waals surface area contributed by atoms with Crippen LogP contribution in [-0.4, -0.2) is 29.1 Å². The Morgan fingerprint density at radius 3 is 2.32 bits per heavy atom. The first-order chi connectivity index (χ1) is 10.2. The predicted molar refractivity (Wildman–Crippen MR) is 89.3 cm³/mol. The van der Waals surface area contributed by atoms with E-state index in [1.54, 1.807) is 32.9 Å². The second-order valence-electron chi connectivity index (χ2n) is 5.86. The van der Waals surface area contributed by atoms with E-state index >= 15 is 0 Å². The number of hydrogen-bond acceptors (Lipinski definition) is 4. The fraction of sp³-hybridized carbons (Fsp3) is 0.412. The molecule has 0 saturated heterocycles. The molecule has 1 aromatic carbocycles. The van der Waals surface area contributed by atoms with Gasteiger partial charge in [0.1, 0.15) is 11.2 Å². The molecule has 0 aliphatic carbocycles. The highest BCUT2D eigenvalue weighted by Crippen LogP contribution is 2.18. The van der Waals surface area contributed by atoms with Crippen molar-refractivity contribution in [2.75, 3.05) is 6.61 Å². The van der Waals surface area contributed by atoms with E-state index in [2.05, 4.69) is 15.9 Å². The van der Waals surface area contributed by atoms with Gasteiger partial charge in [-0.2, -0.15) is 0 Å². The molecule has 5 heteroatoms. The summed E-state index contributed by atoms with van der Waals surface area (Å²) >= 11 is 3.34. The van der Waals surface area contributed by atoms with Crippen LogP contribution in [0.2, 0.25) is 0 Å². The van der Waals surface area contributed by atoms with E-state index in [0.717, 1.165) is 10.0 Å². The molecule has 0 aliphatic heterocycles. The predicted octanol–water partition coefficient (Wildman–Crippen LogP) is 3.52. The Morgan fingerprint density at radius 1 is 1.23 bits per heavy atom. The summed E-state index contributed by atoms with van der Waals surface area (Å²) in [6.07, 6.45) is 1.96. The lowest BCUT2D eigenvalue weighted by atomic mass is 10.0. The van der Waals surface area contributed by atoms with E-state index < -0.39 is 11.6 Å². The number of rotatable bonds is 6. The van der Waals surface area contributed by atoms with Gasteiger partial charge in [0.25, 0.3) is 0 Å². The number of ether oxygens (including phenoxy) is 1. The van der Waals surface area contributed by atoms with Crippen LogP contribution in [-0.2, 0) is 14.3 Å². The summed E-state index contributed by atoms with van der Waals surface area (Å²) in [5.41, 5.74) is 0.0692. The van der Waals surface area contributed by atoms with E-state index in [9.17, 15) is 9.59 Å². The Labute approximate surface area is 139 Å². The van der Waals surface area contributed by atoms with Crippen LogP contribution in [0.3, 0.4) is 0 Å². The van der Waals surface area contributed by atoms with E-state index in [-0.39, 0.29) is 24.4 Å². The quantitative estimate of drug-likeness (QED) is 0.361. The Balaban J connectivity index is 3.07. The standard InChI is InChI=1S/C17H21BrO4/c1-17(2,3)22-16(21)14(15(20)5-4-10-19)11-12-6-8-13(18)9-7-12/h6-9,11,19H,4-5,10H2,1-3H3/b14-11+. The summed E-state index contributed by atoms with van der Waals surface area (Å²) in [6, 6.07) is 7.26. The number of carbonyl (C=O) groups excluding carboxylic acids is 2. The number of hydrogen-bond donors (Lipinski definition) is 1. The number of aliphatic hydroxyl groups excluding tert-OH is 1. The maximum atomic E-state index is 12.3. The molecule has 0 aliphatic rings. The molecule has 0 fully saturated rings. The van der Waals surface area contributed by atoms with Crippen molar-refractivity contribution in [3.63, 3.8) is 0 Å². The lowest BCUT2D eigenvalue weighted by Crippen LogP contribution is -2.27. The lowest BCUT2D eigenvalue weighted by Gasteiger charge is -2.20. The summed E-state index contributed by atoms with van der Waals surface area (Å²) in [7, 11) is 0. The van der Waals surface area contributed by atoms with Crippen LogP contribution in [0.15, 0.2) is 34.3 Å². The number of aliphatic hydroxyl groups is 1. The Morgan fingerprint density at radius 2 is 1.82 bits per heavy atom. The number of benzene rings is 1. The van der Waals surface area contributed by atoms with Crippen molar-refractivity contribution in [3.8, 4) is 0 Å². The SMILES string of the molecule is CC(C)(C)OC(=O)/C(=C/c1ccc(Br)cc1)C(=O)CCCO. The highest BCUT2D eigenvalue weighted by atomic mass is 79.9. The van der Waals surface area contributed by atoms with Crippen LogP contribution in [0, 0.1) is 0 Å². The van der Waals surface area contributed by atoms with Gasteiger partial charge < -0.3 is 9.84 Å². The third-order valence-electron chi connectivity index (χ3n) is 2.66. The molecule has 0 saturated carbocycles. The topological polar surface area (TPSA) is 63.6 Å². The maximum absolute atomic E-state index is 12.3. The smallest absolute Gasteiger partial charge is 0.342 e. The Kier molecular flexibility index (Phi) is 6.97. The molecule has 22 heavy (non-hydrogen) atoms. The van der Waals surface area contributed by atoms with Gasteiger partial charge in [0.05, 0.1) is 0 Å². The van der Waals surface area contributed by atoms with Crippen LogP contribution in [0.25, 0.3) is 6.08 Å². The maximum Gasteiger partial charge on any atom is 0.342 e. The first-order valence-electron chi connectivity index (χ1n) is 7.07. The van der Waals surface area contributed by atoms with Crippen molar-refractivity contribution in [2.24, 2.45) is 0 Å². The zero-order valence-electron chi connectivity index (χ0n) is 13.1. The van der Waals surface area contributed by atoms with Gasteiger partial charge in [0, 0.05) is 17.5 Å². The molecule has 120 valence electrons. The van der Waals surface area contributed by atoms with Crippen molar-refractivity contribution in [3.05, 3.63) is 39.9 Å². The fourth-order valence-electron chi connectivity index (χ4n) is 1.69. The van der Waals surface area contributed by atoms with Gasteiger partial charge in [0.2, 0.25) is 0 Å². The largest absolute Gasteiger partial charge is 0.456 e. The zero-order chi connectivity index (χ0) is 16.8. The highest BCUT2D eigenvalue weighted by molar-refractivity contribution is 9.10. The molecule has 0 bridgehead atoms. The van der Waals surface area contributed by atoms with Crippen LogP contribution in [0.5, 0.6) is 0 Å². The average molecular weight is 369 g/mol. The number of Topliss-reactive ketones (excluding diaryl/α,β-unsaturated/α-hetero) is 1. The van der Waals surface area contributed by atoms with E-state index in [0.29, 0.717) is 6.42 Å². The highest BCUT2D eigenvalue weighted by Gasteiger charge is 2.24. The van der Waals surface area contributed by atoms with Gasteiger partial charge in [0.15, 0.2) is 5.78 Å². The van der Waals surface area contributed by atoms with Gasteiger partial charge in [-0.25, -0.2) is 4.79 Å². The first kappa shape index (κ1) is 18.6. The molecule has 0 unspecified atom stereocenters. The van der Waals surface area contributed by atoms with Crippen LogP contribution < -0.4 is 0 Å². The minimum atomic E-state index is -0.673. The molecule has 1 rings (SSSR count). The molecule has 0 heterocycles. The second kappa shape index (κ2) is 8.25. The van der Waals surface area contributed by atoms with Crippen LogP contribution in [0.4, 0.5) is 0 Å². The van der Waals surface area contributed by atoms with Gasteiger partial charge in [-0.3, -0.25) is 4.79 Å². The van der Waals surface area contributed by atoms with Gasteiger partial charge in [-0.15, -0.1) is 0 Å². The zero-order valence-corrected chi connectivity index (χ0v) is 14.6. The third-order valence-corrected chi connectivity index (χ3v) is 3.19. The summed E-state index contributed by atoms with van der Waals surface area (Å²) in [6.45, 7) is 5.16. The van der Waals surface area contributed by atoms with E-state index in [1.165, 1.54) is 6.08 Å². The monoisotopic (exact) mass is 368 g/mol. The summed E-state index contributed by atoms with van der Waals surface area (Å²) in [5.74, 6) is -0.968. The molecule has 0 aromatic heterocycles. The van der Waals surface area contributed by atoms with Crippen molar-refractivity contribution in [1.29, 1.82) is 0 Å². The minimum absolute atomic E-state index is 0.00528. The molecule has 1 N–H and O–H groups in total. The summed E-state index contributed by atoms with van der Waals surface area (Å²) in [4.78, 5) is 24.5. The summed E-state index contributed by atoms with van der Waals surface area (Å²) in [5, 5.41) is 8.85. The van der Waals surface area contributed by atoms with E-state index in [1.807, 2.05) is 12.1 Å². The Hall–Kier alpha value is -1.46. The third kappa shape index (κ3) is 6.54. The van der Waals surface area contributed by atoms with Crippen LogP contribution >= 0.6 is 15.9 Å².